The van der Waals surface area contributed by atoms with Crippen LogP contribution in [0.5, 0.6) is 23.0 Å². The van der Waals surface area contributed by atoms with Crippen LogP contribution in [0.15, 0.2) is 110 Å². The average Bonchev–Trinajstić information content (AvgIpc) is 3.20. The minimum atomic E-state index is -0.530. The third-order valence-corrected chi connectivity index (χ3v) is 7.47. The smallest absolute Gasteiger partial charge is 0.343 e. The summed E-state index contributed by atoms with van der Waals surface area (Å²) in [5.41, 5.74) is 1.94. The topological polar surface area (TPSA) is 150 Å². The Hall–Kier alpha value is -6.27. The van der Waals surface area contributed by atoms with Crippen LogP contribution in [0.1, 0.15) is 69.2 Å². The van der Waals surface area contributed by atoms with Gasteiger partial charge in [-0.05, 0) is 123 Å². The molecule has 0 N–H and O–H groups in total. The highest BCUT2D eigenvalue weighted by Crippen LogP contribution is 2.19. The fourth-order valence-corrected chi connectivity index (χ4v) is 4.60. The van der Waals surface area contributed by atoms with E-state index in [1.165, 1.54) is 31.2 Å². The summed E-state index contributed by atoms with van der Waals surface area (Å²) in [6.45, 7) is 6.92. The van der Waals surface area contributed by atoms with Crippen LogP contribution >= 0.6 is 0 Å². The molecule has 0 atom stereocenters. The molecule has 0 unspecified atom stereocenters. The van der Waals surface area contributed by atoms with Gasteiger partial charge in [0.25, 0.3) is 0 Å². The Morgan fingerprint density at radius 2 is 0.927 bits per heavy atom. The standard InChI is InChI=1S/C41H42O11.C2H4O/c1-3-38(42)49-28-7-6-27-48-35-20-10-32(11-21-35)40(44)51-36-16-8-30(9-17-36)24-29-50-39(43)31-14-22-37(23-15-31)52-41(45)33-12-18-34(19-13-33)47-26-5-4-25-46-2;1-2-3/h3,8-23H,1,4-7,24-29H2,2H3;2H,1H3. The first-order valence-electron chi connectivity index (χ1n) is 17.7. The molecule has 55 heavy (non-hydrogen) atoms. The van der Waals surface area contributed by atoms with Gasteiger partial charge >= 0.3 is 23.9 Å². The van der Waals surface area contributed by atoms with Gasteiger partial charge in [-0.1, -0.05) is 18.7 Å². The predicted molar refractivity (Wildman–Crippen MR) is 204 cm³/mol. The maximum Gasteiger partial charge on any atom is 0.343 e. The molecular formula is C43H46O12. The fourth-order valence-electron chi connectivity index (χ4n) is 4.60. The van der Waals surface area contributed by atoms with Gasteiger partial charge in [-0.2, -0.15) is 0 Å². The van der Waals surface area contributed by atoms with Crippen molar-refractivity contribution in [2.24, 2.45) is 0 Å². The summed E-state index contributed by atoms with van der Waals surface area (Å²) in [6, 6.07) is 26.4. The SMILES string of the molecule is C=CC(=O)OCCCCOc1ccc(C(=O)Oc2ccc(CCOC(=O)c3ccc(OC(=O)c4ccc(OCCCCOC)cc4)cc3)cc2)cc1.CC=O. The van der Waals surface area contributed by atoms with E-state index in [4.69, 9.17) is 38.0 Å². The van der Waals surface area contributed by atoms with Gasteiger partial charge in [-0.3, -0.25) is 0 Å². The van der Waals surface area contributed by atoms with Gasteiger partial charge < -0.3 is 38.0 Å². The Morgan fingerprint density at radius 3 is 1.38 bits per heavy atom. The highest BCUT2D eigenvalue weighted by atomic mass is 16.5. The number of carbonyl (C=O) groups excluding carboxylic acids is 5. The van der Waals surface area contributed by atoms with E-state index in [0.717, 1.165) is 30.8 Å². The number of hydrogen-bond acceptors (Lipinski definition) is 12. The molecule has 4 aromatic rings. The molecule has 290 valence electrons. The van der Waals surface area contributed by atoms with Crippen LogP contribution in [-0.4, -0.2) is 70.3 Å². The van der Waals surface area contributed by atoms with Crippen molar-refractivity contribution < 1.29 is 57.1 Å². The third kappa shape index (κ3) is 16.5. The summed E-state index contributed by atoms with van der Waals surface area (Å²) >= 11 is 0. The molecule has 0 saturated heterocycles. The highest BCUT2D eigenvalue weighted by Gasteiger charge is 2.13. The first-order chi connectivity index (χ1) is 26.8. The molecule has 12 heteroatoms. The monoisotopic (exact) mass is 754 g/mol. The molecule has 0 heterocycles. The first kappa shape index (κ1) is 43.1. The maximum atomic E-state index is 12.6. The molecule has 0 aromatic heterocycles. The van der Waals surface area contributed by atoms with Crippen LogP contribution in [-0.2, 0) is 30.2 Å². The number of benzene rings is 4. The van der Waals surface area contributed by atoms with Crippen molar-refractivity contribution in [3.05, 3.63) is 132 Å². The number of ether oxygens (including phenoxy) is 7. The molecule has 0 aliphatic heterocycles. The molecule has 4 aromatic carbocycles. The van der Waals surface area contributed by atoms with E-state index < -0.39 is 23.9 Å². The summed E-state index contributed by atoms with van der Waals surface area (Å²) in [4.78, 5) is 57.6. The van der Waals surface area contributed by atoms with Gasteiger partial charge in [0.15, 0.2) is 0 Å². The number of unbranched alkanes of at least 4 members (excludes halogenated alkanes) is 2. The van der Waals surface area contributed by atoms with Gasteiger partial charge in [0.1, 0.15) is 29.3 Å². The van der Waals surface area contributed by atoms with Crippen LogP contribution in [0.4, 0.5) is 0 Å². The minimum Gasteiger partial charge on any atom is -0.494 e. The Balaban J connectivity index is 0.00000262. The van der Waals surface area contributed by atoms with Crippen LogP contribution in [0.2, 0.25) is 0 Å². The largest absolute Gasteiger partial charge is 0.494 e. The van der Waals surface area contributed by atoms with Crippen molar-refractivity contribution in [2.45, 2.75) is 39.0 Å². The molecule has 0 amide bonds. The van der Waals surface area contributed by atoms with E-state index in [0.29, 0.717) is 85.4 Å². The number of rotatable bonds is 21. The first-order valence-corrected chi connectivity index (χ1v) is 17.7. The lowest BCUT2D eigenvalue weighted by Crippen LogP contribution is -2.10. The average molecular weight is 755 g/mol. The molecule has 12 nitrogen and oxygen atoms in total. The van der Waals surface area contributed by atoms with Gasteiger partial charge in [-0.25, -0.2) is 19.2 Å². The second-order valence-electron chi connectivity index (χ2n) is 11.6. The lowest BCUT2D eigenvalue weighted by Gasteiger charge is -2.09. The van der Waals surface area contributed by atoms with Gasteiger partial charge in [-0.15, -0.1) is 0 Å². The van der Waals surface area contributed by atoms with E-state index in [1.54, 1.807) is 79.9 Å². The summed E-state index contributed by atoms with van der Waals surface area (Å²) in [6.07, 6.45) is 5.47. The minimum absolute atomic E-state index is 0.138. The quantitative estimate of drug-likeness (QED) is 0.0274. The summed E-state index contributed by atoms with van der Waals surface area (Å²) in [7, 11) is 1.66. The molecule has 0 saturated carbocycles. The zero-order valence-electron chi connectivity index (χ0n) is 31.1. The van der Waals surface area contributed by atoms with Crippen molar-refractivity contribution in [1.29, 1.82) is 0 Å². The lowest BCUT2D eigenvalue weighted by molar-refractivity contribution is -0.137. The van der Waals surface area contributed by atoms with Crippen molar-refractivity contribution >= 4 is 30.2 Å². The molecule has 0 aliphatic carbocycles. The summed E-state index contributed by atoms with van der Waals surface area (Å²) in [5.74, 6) is -0.0595. The van der Waals surface area contributed by atoms with E-state index in [2.05, 4.69) is 6.58 Å². The lowest BCUT2D eigenvalue weighted by atomic mass is 10.1. The molecule has 0 bridgehead atoms. The number of carbonyl (C=O) groups is 5. The zero-order valence-corrected chi connectivity index (χ0v) is 31.1. The number of aldehydes is 1. The number of hydrogen-bond donors (Lipinski definition) is 0. The molecule has 0 aliphatic rings. The van der Waals surface area contributed by atoms with Crippen molar-refractivity contribution in [2.75, 3.05) is 40.1 Å². The molecule has 0 spiro atoms. The van der Waals surface area contributed by atoms with Crippen LogP contribution in [0.25, 0.3) is 0 Å². The highest BCUT2D eigenvalue weighted by molar-refractivity contribution is 5.92. The molecule has 0 fully saturated rings. The fraction of sp³-hybridized carbons (Fsp3) is 0.279. The van der Waals surface area contributed by atoms with E-state index in [9.17, 15) is 19.2 Å². The Morgan fingerprint density at radius 1 is 0.527 bits per heavy atom. The van der Waals surface area contributed by atoms with E-state index >= 15 is 0 Å². The second-order valence-corrected chi connectivity index (χ2v) is 11.6. The summed E-state index contributed by atoms with van der Waals surface area (Å²) < 4.78 is 37.6. The van der Waals surface area contributed by atoms with Gasteiger partial charge in [0.2, 0.25) is 0 Å². The number of esters is 4. The maximum absolute atomic E-state index is 12.6. The van der Waals surface area contributed by atoms with Crippen LogP contribution in [0, 0.1) is 0 Å². The third-order valence-electron chi connectivity index (χ3n) is 7.47. The second kappa shape index (κ2) is 24.9. The van der Waals surface area contributed by atoms with Crippen molar-refractivity contribution in [1.82, 2.24) is 0 Å². The Labute approximate surface area is 320 Å². The predicted octanol–water partition coefficient (Wildman–Crippen LogP) is 7.42. The number of methoxy groups -OCH3 is 1. The van der Waals surface area contributed by atoms with Gasteiger partial charge in [0.05, 0.1) is 43.1 Å². The van der Waals surface area contributed by atoms with Gasteiger partial charge in [0, 0.05) is 26.2 Å². The van der Waals surface area contributed by atoms with Crippen molar-refractivity contribution in [3.63, 3.8) is 0 Å². The van der Waals surface area contributed by atoms with E-state index in [1.807, 2.05) is 0 Å². The summed E-state index contributed by atoms with van der Waals surface area (Å²) in [5, 5.41) is 0. The molecule has 0 radical (unpaired) electrons. The van der Waals surface area contributed by atoms with E-state index in [-0.39, 0.29) is 6.61 Å². The zero-order chi connectivity index (χ0) is 39.7. The van der Waals surface area contributed by atoms with Crippen molar-refractivity contribution in [3.8, 4) is 23.0 Å². The Bertz CT molecular complexity index is 1780. The Kier molecular flexibility index (Phi) is 19.5. The molecular weight excluding hydrogens is 708 g/mol. The van der Waals surface area contributed by atoms with Crippen LogP contribution < -0.4 is 18.9 Å². The van der Waals surface area contributed by atoms with Crippen LogP contribution in [0.3, 0.4) is 0 Å². The molecule has 4 rings (SSSR count). The normalized spacial score (nSPS) is 10.1.